The second kappa shape index (κ2) is 10.9. The smallest absolute Gasteiger partial charge is 0.250 e. The van der Waals surface area contributed by atoms with Gasteiger partial charge < -0.3 is 19.1 Å². The van der Waals surface area contributed by atoms with E-state index in [2.05, 4.69) is 65.3 Å². The number of rotatable bonds is 9. The Labute approximate surface area is 216 Å². The number of hydrogen-bond donors (Lipinski definition) is 1. The van der Waals surface area contributed by atoms with E-state index in [1.807, 2.05) is 36.5 Å². The Morgan fingerprint density at radius 2 is 1.46 bits per heavy atom. The van der Waals surface area contributed by atoms with Crippen LogP contribution >= 0.6 is 0 Å². The first-order chi connectivity index (χ1) is 18.3. The third-order valence-electron chi connectivity index (χ3n) is 6.92. The van der Waals surface area contributed by atoms with Crippen LogP contribution in [0.5, 0.6) is 5.75 Å². The van der Waals surface area contributed by atoms with Gasteiger partial charge in [0.1, 0.15) is 12.4 Å². The lowest BCUT2D eigenvalue weighted by molar-refractivity contribution is 0.300. The van der Waals surface area contributed by atoms with Crippen molar-refractivity contribution in [2.45, 2.75) is 32.2 Å². The Morgan fingerprint density at radius 3 is 2.16 bits per heavy atom. The molecule has 0 amide bonds. The monoisotopic (exact) mass is 496 g/mol. The minimum absolute atomic E-state index is 0.482. The predicted octanol–water partition coefficient (Wildman–Crippen LogP) is 4.55. The molecule has 4 aromatic rings. The molecule has 6 rings (SSSR count). The molecule has 0 radical (unpaired) electrons. The molecule has 9 heteroatoms. The SMILES string of the molecule is C(=NNc1nc(N2CCCC2)nc(N2CCCC2)n1)c1cn(CCOc2ccccc2)c2ccccc12. The molecule has 37 heavy (non-hydrogen) atoms. The van der Waals surface area contributed by atoms with Gasteiger partial charge in [0.05, 0.1) is 12.8 Å². The molecule has 2 aromatic heterocycles. The van der Waals surface area contributed by atoms with Crippen molar-refractivity contribution in [2.75, 3.05) is 48.0 Å². The highest BCUT2D eigenvalue weighted by molar-refractivity contribution is 5.99. The number of nitrogens with zero attached hydrogens (tertiary/aromatic N) is 7. The normalized spacial score (nSPS) is 15.8. The van der Waals surface area contributed by atoms with Gasteiger partial charge in [0.2, 0.25) is 17.8 Å². The fourth-order valence-corrected chi connectivity index (χ4v) is 5.02. The Bertz CT molecular complexity index is 1320. The summed E-state index contributed by atoms with van der Waals surface area (Å²) in [6.07, 6.45) is 8.64. The van der Waals surface area contributed by atoms with E-state index in [-0.39, 0.29) is 0 Å². The van der Waals surface area contributed by atoms with Crippen LogP contribution in [0, 0.1) is 0 Å². The van der Waals surface area contributed by atoms with Gasteiger partial charge in [-0.1, -0.05) is 36.4 Å². The van der Waals surface area contributed by atoms with Crippen LogP contribution in [0.4, 0.5) is 17.8 Å². The Balaban J connectivity index is 1.19. The summed E-state index contributed by atoms with van der Waals surface area (Å²) in [7, 11) is 0. The van der Waals surface area contributed by atoms with E-state index < -0.39 is 0 Å². The second-order valence-electron chi connectivity index (χ2n) is 9.47. The van der Waals surface area contributed by atoms with E-state index in [1.165, 1.54) is 25.7 Å². The third-order valence-corrected chi connectivity index (χ3v) is 6.92. The van der Waals surface area contributed by atoms with Crippen molar-refractivity contribution in [2.24, 2.45) is 5.10 Å². The molecular weight excluding hydrogens is 464 g/mol. The van der Waals surface area contributed by atoms with Gasteiger partial charge in [-0.25, -0.2) is 5.43 Å². The molecule has 0 atom stereocenters. The first-order valence-electron chi connectivity index (χ1n) is 13.1. The lowest BCUT2D eigenvalue weighted by Gasteiger charge is -2.20. The molecule has 1 N–H and O–H groups in total. The Morgan fingerprint density at radius 1 is 0.811 bits per heavy atom. The highest BCUT2D eigenvalue weighted by atomic mass is 16.5. The molecule has 2 aliphatic rings. The van der Waals surface area contributed by atoms with Gasteiger partial charge in [-0.05, 0) is 43.9 Å². The van der Waals surface area contributed by atoms with Gasteiger partial charge in [-0.2, -0.15) is 20.1 Å². The van der Waals surface area contributed by atoms with Gasteiger partial charge >= 0.3 is 0 Å². The average molecular weight is 497 g/mol. The summed E-state index contributed by atoms with van der Waals surface area (Å²) in [5.74, 6) is 2.84. The highest BCUT2D eigenvalue weighted by Gasteiger charge is 2.21. The molecule has 0 aliphatic carbocycles. The number of nitrogens with one attached hydrogen (secondary N) is 1. The largest absolute Gasteiger partial charge is 0.492 e. The summed E-state index contributed by atoms with van der Waals surface area (Å²) in [5, 5.41) is 5.67. The highest BCUT2D eigenvalue weighted by Crippen LogP contribution is 2.23. The number of anilines is 3. The molecule has 2 aliphatic heterocycles. The van der Waals surface area contributed by atoms with E-state index >= 15 is 0 Å². The molecule has 2 aromatic carbocycles. The van der Waals surface area contributed by atoms with Crippen LogP contribution < -0.4 is 20.0 Å². The molecule has 0 bridgehead atoms. The average Bonchev–Trinajstić information content (AvgIpc) is 3.72. The maximum absolute atomic E-state index is 5.92. The fourth-order valence-electron chi connectivity index (χ4n) is 5.02. The van der Waals surface area contributed by atoms with E-state index in [0.29, 0.717) is 12.6 Å². The van der Waals surface area contributed by atoms with Crippen molar-refractivity contribution in [3.05, 3.63) is 66.4 Å². The fraction of sp³-hybridized carbons (Fsp3) is 0.357. The molecule has 190 valence electrons. The van der Waals surface area contributed by atoms with Crippen molar-refractivity contribution in [3.8, 4) is 5.75 Å². The lowest BCUT2D eigenvalue weighted by atomic mass is 10.2. The molecule has 0 saturated carbocycles. The molecular formula is C28H32N8O. The van der Waals surface area contributed by atoms with E-state index in [9.17, 15) is 0 Å². The minimum Gasteiger partial charge on any atom is -0.492 e. The summed E-state index contributed by atoms with van der Waals surface area (Å²) in [4.78, 5) is 18.6. The number of benzene rings is 2. The molecule has 0 unspecified atom stereocenters. The molecule has 9 nitrogen and oxygen atoms in total. The van der Waals surface area contributed by atoms with Crippen molar-refractivity contribution in [1.29, 1.82) is 0 Å². The zero-order valence-corrected chi connectivity index (χ0v) is 21.0. The Hall–Kier alpha value is -4.14. The van der Waals surface area contributed by atoms with Crippen LogP contribution in [0.25, 0.3) is 10.9 Å². The number of fused-ring (bicyclic) bond motifs is 1. The minimum atomic E-state index is 0.482. The summed E-state index contributed by atoms with van der Waals surface area (Å²) in [6.45, 7) is 5.27. The van der Waals surface area contributed by atoms with Crippen LogP contribution in [0.2, 0.25) is 0 Å². The molecule has 0 spiro atoms. The predicted molar refractivity (Wildman–Crippen MR) is 148 cm³/mol. The van der Waals surface area contributed by atoms with Gasteiger partial charge in [0.25, 0.3) is 0 Å². The molecule has 2 fully saturated rings. The zero-order valence-electron chi connectivity index (χ0n) is 21.0. The molecule has 4 heterocycles. The standard InChI is InChI=1S/C28H32N8O/c1-2-10-23(11-3-1)37-19-18-36-21-22(24-12-4-5-13-25(24)36)20-29-33-26-30-27(34-14-6-7-15-34)32-28(31-26)35-16-8-9-17-35/h1-5,10-13,20-21H,6-9,14-19H2,(H,30,31,32,33). The Kier molecular flexibility index (Phi) is 6.83. The van der Waals surface area contributed by atoms with E-state index in [1.54, 1.807) is 0 Å². The van der Waals surface area contributed by atoms with Crippen molar-refractivity contribution in [3.63, 3.8) is 0 Å². The number of ether oxygens (including phenoxy) is 1. The van der Waals surface area contributed by atoms with Gasteiger partial charge in [0, 0.05) is 48.8 Å². The van der Waals surface area contributed by atoms with Crippen molar-refractivity contribution >= 4 is 35.0 Å². The number of aromatic nitrogens is 4. The van der Waals surface area contributed by atoms with E-state index in [0.717, 1.165) is 66.8 Å². The van der Waals surface area contributed by atoms with Gasteiger partial charge in [-0.15, -0.1) is 0 Å². The number of hydrogen-bond acceptors (Lipinski definition) is 8. The summed E-state index contributed by atoms with van der Waals surface area (Å²) >= 11 is 0. The second-order valence-corrected chi connectivity index (χ2v) is 9.47. The van der Waals surface area contributed by atoms with Crippen LogP contribution in [0.3, 0.4) is 0 Å². The topological polar surface area (TPSA) is 83.7 Å². The van der Waals surface area contributed by atoms with E-state index in [4.69, 9.17) is 9.72 Å². The summed E-state index contributed by atoms with van der Waals surface area (Å²) in [6, 6.07) is 18.3. The van der Waals surface area contributed by atoms with Crippen LogP contribution in [0.15, 0.2) is 65.9 Å². The maximum Gasteiger partial charge on any atom is 0.250 e. The first kappa shape index (κ1) is 23.3. The van der Waals surface area contributed by atoms with Crippen molar-refractivity contribution in [1.82, 2.24) is 19.5 Å². The zero-order chi connectivity index (χ0) is 24.9. The van der Waals surface area contributed by atoms with Gasteiger partial charge in [0.15, 0.2) is 0 Å². The third kappa shape index (κ3) is 5.35. The molecule has 2 saturated heterocycles. The number of para-hydroxylation sites is 2. The quantitative estimate of drug-likeness (QED) is 0.269. The van der Waals surface area contributed by atoms with Crippen molar-refractivity contribution < 1.29 is 4.74 Å². The maximum atomic E-state index is 5.92. The number of hydrazone groups is 1. The van der Waals surface area contributed by atoms with Crippen LogP contribution in [-0.4, -0.2) is 58.5 Å². The summed E-state index contributed by atoms with van der Waals surface area (Å²) in [5.41, 5.74) is 5.25. The van der Waals surface area contributed by atoms with Gasteiger partial charge in [-0.3, -0.25) is 0 Å². The lowest BCUT2D eigenvalue weighted by Crippen LogP contribution is -2.25. The first-order valence-corrected chi connectivity index (χ1v) is 13.1. The van der Waals surface area contributed by atoms with Crippen LogP contribution in [0.1, 0.15) is 31.2 Å². The van der Waals surface area contributed by atoms with Crippen LogP contribution in [-0.2, 0) is 6.54 Å². The summed E-state index contributed by atoms with van der Waals surface area (Å²) < 4.78 is 8.12.